The Hall–Kier alpha value is -1.63. The molecular weight excluding hydrogens is 246 g/mol. The highest BCUT2D eigenvalue weighted by Gasteiger charge is 2.24. The first-order valence-electron chi connectivity index (χ1n) is 6.67. The van der Waals surface area contributed by atoms with E-state index in [1.807, 2.05) is 4.90 Å². The summed E-state index contributed by atoms with van der Waals surface area (Å²) < 4.78 is 27.5. The average Bonchev–Trinajstić information content (AvgIpc) is 2.42. The molecule has 0 radical (unpaired) electrons. The largest absolute Gasteiger partial charge is 0.369 e. The van der Waals surface area contributed by atoms with Gasteiger partial charge in [0.1, 0.15) is 6.07 Å². The lowest BCUT2D eigenvalue weighted by Crippen LogP contribution is -2.35. The fourth-order valence-electron chi connectivity index (χ4n) is 2.68. The number of hydrogen-bond donors (Lipinski definition) is 0. The molecule has 0 spiro atoms. The van der Waals surface area contributed by atoms with E-state index in [2.05, 4.69) is 13.8 Å². The molecule has 4 heteroatoms. The minimum atomic E-state index is -1.04. The lowest BCUT2D eigenvalue weighted by atomic mass is 9.86. The Morgan fingerprint density at radius 3 is 2.37 bits per heavy atom. The predicted octanol–water partition coefficient (Wildman–Crippen LogP) is 3.71. The maximum Gasteiger partial charge on any atom is 0.183 e. The predicted molar refractivity (Wildman–Crippen MR) is 70.8 cm³/mol. The zero-order chi connectivity index (χ0) is 14.0. The van der Waals surface area contributed by atoms with Gasteiger partial charge < -0.3 is 4.90 Å². The molecule has 19 heavy (non-hydrogen) atoms. The van der Waals surface area contributed by atoms with Crippen LogP contribution in [0.2, 0.25) is 0 Å². The van der Waals surface area contributed by atoms with Gasteiger partial charge in [0.25, 0.3) is 0 Å². The van der Waals surface area contributed by atoms with Crippen molar-refractivity contribution in [2.75, 3.05) is 18.0 Å². The summed E-state index contributed by atoms with van der Waals surface area (Å²) in [6.07, 6.45) is 2.00. The summed E-state index contributed by atoms with van der Waals surface area (Å²) in [5, 5.41) is 8.67. The SMILES string of the molecule is CC(C)C1CCN(c2ccc(C#N)c(F)c2F)CC1. The van der Waals surface area contributed by atoms with Gasteiger partial charge in [-0.15, -0.1) is 0 Å². The molecule has 0 unspecified atom stereocenters. The number of hydrogen-bond acceptors (Lipinski definition) is 2. The molecule has 0 bridgehead atoms. The van der Waals surface area contributed by atoms with Gasteiger partial charge in [0.05, 0.1) is 11.3 Å². The Bertz CT molecular complexity index is 498. The van der Waals surface area contributed by atoms with Gasteiger partial charge in [-0.2, -0.15) is 5.26 Å². The van der Waals surface area contributed by atoms with E-state index >= 15 is 0 Å². The molecule has 1 aromatic carbocycles. The molecule has 2 nitrogen and oxygen atoms in total. The molecule has 102 valence electrons. The van der Waals surface area contributed by atoms with Gasteiger partial charge in [-0.05, 0) is 36.8 Å². The molecule has 1 fully saturated rings. The van der Waals surface area contributed by atoms with Crippen LogP contribution in [0.5, 0.6) is 0 Å². The van der Waals surface area contributed by atoms with Crippen molar-refractivity contribution < 1.29 is 8.78 Å². The van der Waals surface area contributed by atoms with Crippen LogP contribution >= 0.6 is 0 Å². The summed E-state index contributed by atoms with van der Waals surface area (Å²) >= 11 is 0. The van der Waals surface area contributed by atoms with Crippen molar-refractivity contribution >= 4 is 5.69 Å². The molecule has 0 amide bonds. The third kappa shape index (κ3) is 2.70. The summed E-state index contributed by atoms with van der Waals surface area (Å²) in [4.78, 5) is 1.87. The summed E-state index contributed by atoms with van der Waals surface area (Å²) in [5.41, 5.74) is 0.0389. The monoisotopic (exact) mass is 264 g/mol. The van der Waals surface area contributed by atoms with E-state index in [0.717, 1.165) is 25.9 Å². The summed E-state index contributed by atoms with van der Waals surface area (Å²) in [6.45, 7) is 5.88. The van der Waals surface area contributed by atoms with Crippen LogP contribution in [0, 0.1) is 34.8 Å². The lowest BCUT2D eigenvalue weighted by molar-refractivity contribution is 0.310. The van der Waals surface area contributed by atoms with Crippen LogP contribution in [0.4, 0.5) is 14.5 Å². The third-order valence-electron chi connectivity index (χ3n) is 4.01. The quantitative estimate of drug-likeness (QED) is 0.814. The van der Waals surface area contributed by atoms with E-state index in [1.54, 1.807) is 6.07 Å². The molecule has 0 aliphatic carbocycles. The van der Waals surface area contributed by atoms with Crippen molar-refractivity contribution in [1.82, 2.24) is 0 Å². The first-order chi connectivity index (χ1) is 9.04. The van der Waals surface area contributed by atoms with Crippen LogP contribution < -0.4 is 4.90 Å². The molecule has 1 aliphatic rings. The average molecular weight is 264 g/mol. The lowest BCUT2D eigenvalue weighted by Gasteiger charge is -2.35. The molecule has 2 rings (SSSR count). The Kier molecular flexibility index (Phi) is 4.04. The minimum Gasteiger partial charge on any atom is -0.369 e. The maximum absolute atomic E-state index is 13.9. The number of nitrogens with zero attached hydrogens (tertiary/aromatic N) is 2. The highest BCUT2D eigenvalue weighted by molar-refractivity contribution is 5.52. The van der Waals surface area contributed by atoms with Gasteiger partial charge in [-0.25, -0.2) is 8.78 Å². The Morgan fingerprint density at radius 1 is 1.21 bits per heavy atom. The minimum absolute atomic E-state index is 0.238. The van der Waals surface area contributed by atoms with Crippen LogP contribution in [0.15, 0.2) is 12.1 Å². The second kappa shape index (κ2) is 5.56. The van der Waals surface area contributed by atoms with Crippen LogP contribution in [-0.2, 0) is 0 Å². The molecule has 0 aromatic heterocycles. The Balaban J connectivity index is 2.17. The molecule has 1 aliphatic heterocycles. The van der Waals surface area contributed by atoms with E-state index in [9.17, 15) is 8.78 Å². The van der Waals surface area contributed by atoms with Gasteiger partial charge in [0.2, 0.25) is 0 Å². The normalized spacial score (nSPS) is 16.7. The van der Waals surface area contributed by atoms with Gasteiger partial charge >= 0.3 is 0 Å². The second-order valence-corrected chi connectivity index (χ2v) is 5.44. The van der Waals surface area contributed by atoms with Crippen molar-refractivity contribution in [3.05, 3.63) is 29.3 Å². The van der Waals surface area contributed by atoms with Gasteiger partial charge in [0, 0.05) is 13.1 Å². The van der Waals surface area contributed by atoms with E-state index in [-0.39, 0.29) is 11.3 Å². The smallest absolute Gasteiger partial charge is 0.183 e. The molecule has 0 atom stereocenters. The fourth-order valence-corrected chi connectivity index (χ4v) is 2.68. The van der Waals surface area contributed by atoms with Crippen LogP contribution in [-0.4, -0.2) is 13.1 Å². The van der Waals surface area contributed by atoms with E-state index in [4.69, 9.17) is 5.26 Å². The van der Waals surface area contributed by atoms with Gasteiger partial charge in [0.15, 0.2) is 11.6 Å². The fraction of sp³-hybridized carbons (Fsp3) is 0.533. The van der Waals surface area contributed by atoms with Crippen molar-refractivity contribution in [3.8, 4) is 6.07 Å². The van der Waals surface area contributed by atoms with Crippen molar-refractivity contribution in [2.45, 2.75) is 26.7 Å². The summed E-state index contributed by atoms with van der Waals surface area (Å²) in [5.74, 6) is -0.653. The first-order valence-corrected chi connectivity index (χ1v) is 6.67. The third-order valence-corrected chi connectivity index (χ3v) is 4.01. The molecule has 1 saturated heterocycles. The highest BCUT2D eigenvalue weighted by atomic mass is 19.2. The van der Waals surface area contributed by atoms with Crippen LogP contribution in [0.3, 0.4) is 0 Å². The molecule has 1 aromatic rings. The number of nitriles is 1. The highest BCUT2D eigenvalue weighted by Crippen LogP contribution is 2.30. The summed E-state index contributed by atoms with van der Waals surface area (Å²) in [7, 11) is 0. The maximum atomic E-state index is 13.9. The van der Waals surface area contributed by atoms with E-state index in [1.165, 1.54) is 12.1 Å². The molecular formula is C15H18F2N2. The second-order valence-electron chi connectivity index (χ2n) is 5.44. The van der Waals surface area contributed by atoms with Gasteiger partial charge in [-0.3, -0.25) is 0 Å². The molecule has 1 heterocycles. The van der Waals surface area contributed by atoms with Crippen LogP contribution in [0.25, 0.3) is 0 Å². The number of benzene rings is 1. The van der Waals surface area contributed by atoms with E-state index in [0.29, 0.717) is 11.8 Å². The zero-order valence-corrected chi connectivity index (χ0v) is 11.3. The van der Waals surface area contributed by atoms with Crippen LogP contribution in [0.1, 0.15) is 32.3 Å². The Labute approximate surface area is 112 Å². The van der Waals surface area contributed by atoms with Crippen molar-refractivity contribution in [1.29, 1.82) is 5.26 Å². The standard InChI is InChI=1S/C15H18F2N2/c1-10(2)11-5-7-19(8-6-11)13-4-3-12(9-18)14(16)15(13)17/h3-4,10-11H,5-8H2,1-2H3. The van der Waals surface area contributed by atoms with Gasteiger partial charge in [-0.1, -0.05) is 13.8 Å². The van der Waals surface area contributed by atoms with Crippen molar-refractivity contribution in [2.24, 2.45) is 11.8 Å². The topological polar surface area (TPSA) is 27.0 Å². The first kappa shape index (κ1) is 13.8. The van der Waals surface area contributed by atoms with E-state index < -0.39 is 11.6 Å². The number of halogens is 2. The number of anilines is 1. The van der Waals surface area contributed by atoms with Crippen molar-refractivity contribution in [3.63, 3.8) is 0 Å². The zero-order valence-electron chi connectivity index (χ0n) is 11.3. The molecule has 0 N–H and O–H groups in total. The molecule has 0 saturated carbocycles. The number of rotatable bonds is 2. The Morgan fingerprint density at radius 2 is 1.84 bits per heavy atom. The summed E-state index contributed by atoms with van der Waals surface area (Å²) in [6, 6.07) is 4.51. The number of piperidine rings is 1.